The number of hydrogen-bond donors (Lipinski definition) is 1. The van der Waals surface area contributed by atoms with E-state index >= 15 is 0 Å². The summed E-state index contributed by atoms with van der Waals surface area (Å²) in [5, 5.41) is 2.98. The summed E-state index contributed by atoms with van der Waals surface area (Å²) in [6.07, 6.45) is 1.86. The predicted octanol–water partition coefficient (Wildman–Crippen LogP) is 4.50. The second-order valence-corrected chi connectivity index (χ2v) is 8.65. The molecule has 0 spiro atoms. The van der Waals surface area contributed by atoms with E-state index in [1.54, 1.807) is 23.1 Å². The van der Waals surface area contributed by atoms with Gasteiger partial charge in [-0.25, -0.2) is 14.2 Å². The highest BCUT2D eigenvalue weighted by Crippen LogP contribution is 2.15. The molecule has 0 aliphatic rings. The van der Waals surface area contributed by atoms with Crippen molar-refractivity contribution in [3.8, 4) is 0 Å². The predicted molar refractivity (Wildman–Crippen MR) is 133 cm³/mol. The van der Waals surface area contributed by atoms with Crippen LogP contribution in [0.3, 0.4) is 0 Å². The number of rotatable bonds is 9. The summed E-state index contributed by atoms with van der Waals surface area (Å²) in [4.78, 5) is 21.0. The number of carbonyl (C=O) groups is 1. The van der Waals surface area contributed by atoms with Crippen molar-refractivity contribution in [2.45, 2.75) is 19.6 Å². The molecule has 1 N–H and O–H groups in total. The molecular weight excluding hydrogens is 429 g/mol. The van der Waals surface area contributed by atoms with Gasteiger partial charge in [-0.15, -0.1) is 0 Å². The standard InChI is InChI=1S/C27H30FN5O/c1-31(2)15-16-32(19-23-7-3-4-8-24(23)28)27(34)29-17-21-11-13-22(14-12-21)18-33-20-30-25-9-5-6-10-26(25)33/h3-14,20H,15-19H2,1-2H3,(H,29,34). The van der Waals surface area contributed by atoms with Gasteiger partial charge >= 0.3 is 6.03 Å². The van der Waals surface area contributed by atoms with Crippen LogP contribution < -0.4 is 5.32 Å². The molecule has 1 aromatic heterocycles. The van der Waals surface area contributed by atoms with E-state index in [9.17, 15) is 9.18 Å². The van der Waals surface area contributed by atoms with Gasteiger partial charge in [-0.2, -0.15) is 0 Å². The minimum Gasteiger partial charge on any atom is -0.334 e. The van der Waals surface area contributed by atoms with Crippen LogP contribution in [0.5, 0.6) is 0 Å². The number of benzene rings is 3. The van der Waals surface area contributed by atoms with Crippen LogP contribution in [0.1, 0.15) is 16.7 Å². The molecule has 2 amide bonds. The lowest BCUT2D eigenvalue weighted by Crippen LogP contribution is -2.42. The molecule has 1 heterocycles. The van der Waals surface area contributed by atoms with E-state index in [-0.39, 0.29) is 18.4 Å². The highest BCUT2D eigenvalue weighted by Gasteiger charge is 2.16. The van der Waals surface area contributed by atoms with Crippen LogP contribution in [0.15, 0.2) is 79.1 Å². The average Bonchev–Trinajstić information content (AvgIpc) is 3.25. The van der Waals surface area contributed by atoms with Gasteiger partial charge in [0.2, 0.25) is 0 Å². The number of urea groups is 1. The molecule has 4 aromatic rings. The highest BCUT2D eigenvalue weighted by molar-refractivity contribution is 5.75. The lowest BCUT2D eigenvalue weighted by molar-refractivity contribution is 0.187. The number of aromatic nitrogens is 2. The average molecular weight is 460 g/mol. The normalized spacial score (nSPS) is 11.2. The maximum absolute atomic E-state index is 14.1. The summed E-state index contributed by atoms with van der Waals surface area (Å²) in [5.74, 6) is -0.300. The topological polar surface area (TPSA) is 53.4 Å². The second kappa shape index (κ2) is 10.9. The first kappa shape index (κ1) is 23.4. The molecule has 176 valence electrons. The zero-order valence-electron chi connectivity index (χ0n) is 19.6. The van der Waals surface area contributed by atoms with Gasteiger partial charge in [0, 0.05) is 31.7 Å². The van der Waals surface area contributed by atoms with E-state index in [0.717, 1.165) is 28.7 Å². The van der Waals surface area contributed by atoms with Crippen molar-refractivity contribution >= 4 is 17.1 Å². The van der Waals surface area contributed by atoms with Crippen molar-refractivity contribution in [2.75, 3.05) is 27.2 Å². The smallest absolute Gasteiger partial charge is 0.318 e. The number of hydrogen-bond acceptors (Lipinski definition) is 3. The maximum atomic E-state index is 14.1. The van der Waals surface area contributed by atoms with Crippen molar-refractivity contribution in [1.29, 1.82) is 0 Å². The van der Waals surface area contributed by atoms with Crippen molar-refractivity contribution in [1.82, 2.24) is 24.7 Å². The number of nitrogens with zero attached hydrogens (tertiary/aromatic N) is 4. The van der Waals surface area contributed by atoms with Crippen molar-refractivity contribution in [3.05, 3.63) is 102 Å². The molecule has 0 bridgehead atoms. The fourth-order valence-corrected chi connectivity index (χ4v) is 3.79. The largest absolute Gasteiger partial charge is 0.334 e. The molecule has 4 rings (SSSR count). The van der Waals surface area contributed by atoms with Gasteiger partial charge in [-0.3, -0.25) is 0 Å². The molecule has 0 saturated carbocycles. The van der Waals surface area contributed by atoms with Crippen LogP contribution in [0.4, 0.5) is 9.18 Å². The number of likely N-dealkylation sites (N-methyl/N-ethyl adjacent to an activating group) is 1. The minimum atomic E-state index is -0.300. The van der Waals surface area contributed by atoms with Crippen LogP contribution >= 0.6 is 0 Å². The van der Waals surface area contributed by atoms with Gasteiger partial charge in [-0.05, 0) is 43.4 Å². The number of amides is 2. The molecule has 0 radical (unpaired) electrons. The van der Waals surface area contributed by atoms with E-state index in [1.807, 2.05) is 55.7 Å². The molecule has 0 aliphatic carbocycles. The lowest BCUT2D eigenvalue weighted by Gasteiger charge is -2.25. The number of nitrogens with one attached hydrogen (secondary N) is 1. The Morgan fingerprint density at radius 3 is 2.41 bits per heavy atom. The van der Waals surface area contributed by atoms with Gasteiger partial charge in [0.15, 0.2) is 0 Å². The van der Waals surface area contributed by atoms with Gasteiger partial charge in [-0.1, -0.05) is 54.6 Å². The Morgan fingerprint density at radius 1 is 0.941 bits per heavy atom. The van der Waals surface area contributed by atoms with Gasteiger partial charge in [0.1, 0.15) is 5.82 Å². The van der Waals surface area contributed by atoms with Gasteiger partial charge in [0.25, 0.3) is 0 Å². The third-order valence-corrected chi connectivity index (χ3v) is 5.77. The van der Waals surface area contributed by atoms with Crippen LogP contribution in [-0.4, -0.2) is 52.6 Å². The fourth-order valence-electron chi connectivity index (χ4n) is 3.79. The molecule has 34 heavy (non-hydrogen) atoms. The van der Waals surface area contributed by atoms with E-state index in [4.69, 9.17) is 0 Å². The maximum Gasteiger partial charge on any atom is 0.318 e. The first-order valence-electron chi connectivity index (χ1n) is 11.4. The quantitative estimate of drug-likeness (QED) is 0.401. The third kappa shape index (κ3) is 5.99. The minimum absolute atomic E-state index is 0.209. The Balaban J connectivity index is 1.36. The van der Waals surface area contributed by atoms with Crippen molar-refractivity contribution in [3.63, 3.8) is 0 Å². The van der Waals surface area contributed by atoms with Crippen LogP contribution in [-0.2, 0) is 19.6 Å². The molecule has 3 aromatic carbocycles. The number of halogens is 1. The molecule has 0 saturated heterocycles. The fraction of sp³-hybridized carbons (Fsp3) is 0.259. The van der Waals surface area contributed by atoms with Crippen LogP contribution in [0, 0.1) is 5.82 Å². The lowest BCUT2D eigenvalue weighted by atomic mass is 10.1. The van der Waals surface area contributed by atoms with E-state index < -0.39 is 0 Å². The summed E-state index contributed by atoms with van der Waals surface area (Å²) < 4.78 is 16.3. The monoisotopic (exact) mass is 459 g/mol. The molecule has 6 nitrogen and oxygen atoms in total. The first-order chi connectivity index (χ1) is 16.5. The Hall–Kier alpha value is -3.71. The Labute approximate surface area is 199 Å². The van der Waals surface area contributed by atoms with Crippen LogP contribution in [0.25, 0.3) is 11.0 Å². The first-order valence-corrected chi connectivity index (χ1v) is 11.4. The van der Waals surface area contributed by atoms with Gasteiger partial charge in [0.05, 0.1) is 23.9 Å². The van der Waals surface area contributed by atoms with E-state index in [2.05, 4.69) is 33.1 Å². The Kier molecular flexibility index (Phi) is 7.54. The SMILES string of the molecule is CN(C)CCN(Cc1ccccc1F)C(=O)NCc1ccc(Cn2cnc3ccccc32)cc1. The summed E-state index contributed by atoms with van der Waals surface area (Å²) in [7, 11) is 3.90. The van der Waals surface area contributed by atoms with Crippen molar-refractivity contribution < 1.29 is 9.18 Å². The summed E-state index contributed by atoms with van der Waals surface area (Å²) in [6, 6.07) is 22.6. The molecule has 0 atom stereocenters. The number of carbonyl (C=O) groups excluding carboxylic acids is 1. The van der Waals surface area contributed by atoms with Crippen molar-refractivity contribution in [2.24, 2.45) is 0 Å². The zero-order valence-corrected chi connectivity index (χ0v) is 19.6. The number of para-hydroxylation sites is 2. The summed E-state index contributed by atoms with van der Waals surface area (Å²) in [6.45, 7) is 2.56. The number of imidazole rings is 1. The Morgan fingerprint density at radius 2 is 1.65 bits per heavy atom. The van der Waals surface area contributed by atoms with Crippen LogP contribution in [0.2, 0.25) is 0 Å². The molecule has 0 unspecified atom stereocenters. The molecular formula is C27H30FN5O. The number of fused-ring (bicyclic) bond motifs is 1. The third-order valence-electron chi connectivity index (χ3n) is 5.77. The molecule has 0 aliphatic heterocycles. The second-order valence-electron chi connectivity index (χ2n) is 8.65. The zero-order chi connectivity index (χ0) is 23.9. The van der Waals surface area contributed by atoms with E-state index in [0.29, 0.717) is 25.2 Å². The van der Waals surface area contributed by atoms with E-state index in [1.165, 1.54) is 6.07 Å². The summed E-state index contributed by atoms with van der Waals surface area (Å²) in [5.41, 5.74) is 4.76. The summed E-state index contributed by atoms with van der Waals surface area (Å²) >= 11 is 0. The Bertz CT molecular complexity index is 1240. The highest BCUT2D eigenvalue weighted by atomic mass is 19.1. The molecule has 0 fully saturated rings. The molecule has 7 heteroatoms. The van der Waals surface area contributed by atoms with Gasteiger partial charge < -0.3 is 19.7 Å².